The van der Waals surface area contributed by atoms with Crippen LogP contribution in [0.25, 0.3) is 5.69 Å². The molecule has 4 rings (SSSR count). The number of rotatable bonds is 11. The fourth-order valence-electron chi connectivity index (χ4n) is 3.75. The second-order valence-corrected chi connectivity index (χ2v) is 8.44. The van der Waals surface area contributed by atoms with E-state index in [1.807, 2.05) is 38.1 Å². The molecule has 2 aromatic heterocycles. The van der Waals surface area contributed by atoms with Crippen molar-refractivity contribution in [1.82, 2.24) is 9.99 Å². The van der Waals surface area contributed by atoms with Gasteiger partial charge in [-0.1, -0.05) is 0 Å². The highest BCUT2D eigenvalue weighted by atomic mass is 16.6. The zero-order chi connectivity index (χ0) is 27.9. The molecule has 0 bridgehead atoms. The van der Waals surface area contributed by atoms with E-state index in [0.29, 0.717) is 17.1 Å². The number of nitro benzene ring substituents is 1. The average molecular weight is 532 g/mol. The topological polar surface area (TPSA) is 164 Å². The lowest BCUT2D eigenvalue weighted by atomic mass is 10.2. The normalized spacial score (nSPS) is 10.9. The number of nitro groups is 1. The summed E-state index contributed by atoms with van der Waals surface area (Å²) in [6, 6.07) is 18.8. The molecule has 0 aliphatic heterocycles. The van der Waals surface area contributed by atoms with Crippen molar-refractivity contribution in [3.8, 4) is 17.2 Å². The van der Waals surface area contributed by atoms with E-state index < -0.39 is 23.3 Å². The quantitative estimate of drug-likeness (QED) is 0.169. The van der Waals surface area contributed by atoms with Gasteiger partial charge in [0.1, 0.15) is 18.1 Å². The van der Waals surface area contributed by atoms with Gasteiger partial charge in [-0.15, -0.1) is 0 Å². The van der Waals surface area contributed by atoms with Crippen molar-refractivity contribution in [3.63, 3.8) is 0 Å². The van der Waals surface area contributed by atoms with E-state index in [9.17, 15) is 19.7 Å². The average Bonchev–Trinajstić information content (AvgIpc) is 3.53. The van der Waals surface area contributed by atoms with Crippen LogP contribution in [0.4, 0.5) is 5.69 Å². The van der Waals surface area contributed by atoms with Gasteiger partial charge >= 0.3 is 11.6 Å². The van der Waals surface area contributed by atoms with Gasteiger partial charge in [0.15, 0.2) is 18.1 Å². The largest absolute Gasteiger partial charge is 0.486 e. The predicted molar refractivity (Wildman–Crippen MR) is 141 cm³/mol. The second kappa shape index (κ2) is 11.8. The van der Waals surface area contributed by atoms with Crippen molar-refractivity contribution in [1.29, 1.82) is 0 Å². The molecular weight excluding hydrogens is 506 g/mol. The summed E-state index contributed by atoms with van der Waals surface area (Å²) in [6.07, 6.45) is 1.22. The molecule has 0 aliphatic rings. The molecule has 2 aromatic carbocycles. The number of nitrogens with two attached hydrogens (primary N) is 1. The molecule has 3 N–H and O–H groups in total. The molecule has 4 aromatic rings. The Kier molecular flexibility index (Phi) is 8.05. The molecule has 0 radical (unpaired) electrons. The maximum Gasteiger partial charge on any atom is 0.311 e. The molecule has 12 nitrogen and oxygen atoms in total. The van der Waals surface area contributed by atoms with Crippen LogP contribution in [-0.2, 0) is 11.4 Å². The zero-order valence-corrected chi connectivity index (χ0v) is 21.1. The molecular formula is C27H25N5O7. The van der Waals surface area contributed by atoms with E-state index in [1.54, 1.807) is 6.07 Å². The number of hydrazone groups is 1. The van der Waals surface area contributed by atoms with Gasteiger partial charge < -0.3 is 24.2 Å². The number of ether oxygens (including phenoxy) is 2. The number of benzene rings is 2. The maximum atomic E-state index is 12.4. The summed E-state index contributed by atoms with van der Waals surface area (Å²) in [6.45, 7) is 3.70. The minimum atomic E-state index is -0.766. The van der Waals surface area contributed by atoms with Gasteiger partial charge in [0.25, 0.3) is 5.91 Å². The first-order chi connectivity index (χ1) is 18.7. The van der Waals surface area contributed by atoms with Crippen molar-refractivity contribution in [3.05, 3.63) is 105 Å². The first-order valence-corrected chi connectivity index (χ1v) is 11.7. The van der Waals surface area contributed by atoms with E-state index in [0.717, 1.165) is 17.1 Å². The summed E-state index contributed by atoms with van der Waals surface area (Å²) in [7, 11) is 0. The van der Waals surface area contributed by atoms with Crippen LogP contribution in [0.5, 0.6) is 11.5 Å². The fraction of sp³-hybridized carbons (Fsp3) is 0.148. The molecule has 0 fully saturated rings. The van der Waals surface area contributed by atoms with Crippen LogP contribution in [0, 0.1) is 24.0 Å². The summed E-state index contributed by atoms with van der Waals surface area (Å²) in [5.74, 6) is -0.401. The molecule has 0 unspecified atom stereocenters. The number of furan rings is 1. The van der Waals surface area contributed by atoms with Crippen molar-refractivity contribution in [2.45, 2.75) is 20.5 Å². The monoisotopic (exact) mass is 531 g/mol. The smallest absolute Gasteiger partial charge is 0.311 e. The Labute approximate surface area is 222 Å². The van der Waals surface area contributed by atoms with Gasteiger partial charge in [0.2, 0.25) is 0 Å². The van der Waals surface area contributed by atoms with E-state index in [4.69, 9.17) is 19.6 Å². The summed E-state index contributed by atoms with van der Waals surface area (Å²) in [5.41, 5.74) is 10.5. The molecule has 2 amide bonds. The van der Waals surface area contributed by atoms with E-state index in [-0.39, 0.29) is 23.8 Å². The lowest BCUT2D eigenvalue weighted by molar-refractivity contribution is -0.385. The fourth-order valence-corrected chi connectivity index (χ4v) is 3.75. The van der Waals surface area contributed by atoms with Crippen LogP contribution in [-0.4, -0.2) is 34.1 Å². The Morgan fingerprint density at radius 2 is 1.77 bits per heavy atom. The second-order valence-electron chi connectivity index (χ2n) is 8.44. The van der Waals surface area contributed by atoms with Crippen molar-refractivity contribution in [2.75, 3.05) is 6.61 Å². The molecule has 0 spiro atoms. The number of nitrogens with zero attached hydrogens (tertiary/aromatic N) is 3. The maximum absolute atomic E-state index is 12.4. The van der Waals surface area contributed by atoms with Crippen LogP contribution in [0.2, 0.25) is 0 Å². The van der Waals surface area contributed by atoms with Crippen molar-refractivity contribution in [2.24, 2.45) is 10.8 Å². The minimum absolute atomic E-state index is 0.0147. The van der Waals surface area contributed by atoms with Crippen molar-refractivity contribution < 1.29 is 28.4 Å². The molecule has 12 heteroatoms. The Balaban J connectivity index is 1.31. The van der Waals surface area contributed by atoms with Crippen LogP contribution in [0.3, 0.4) is 0 Å². The SMILES string of the molecule is Cc1ccc(C)n1-c1ccc(OCc2ccc(C(=O)N/N=C/c3ccc(OCC(N)=O)c([N+](=O)[O-])c3)o2)cc1. The number of amides is 2. The van der Waals surface area contributed by atoms with Gasteiger partial charge in [-0.05, 0) is 74.5 Å². The van der Waals surface area contributed by atoms with E-state index in [2.05, 4.69) is 27.2 Å². The van der Waals surface area contributed by atoms with Crippen LogP contribution < -0.4 is 20.6 Å². The minimum Gasteiger partial charge on any atom is -0.486 e. The lowest BCUT2D eigenvalue weighted by Crippen LogP contribution is -2.20. The number of hydrogen-bond donors (Lipinski definition) is 2. The number of hydrogen-bond acceptors (Lipinski definition) is 8. The third kappa shape index (κ3) is 6.68. The number of aromatic nitrogens is 1. The molecule has 0 saturated carbocycles. The van der Waals surface area contributed by atoms with Crippen LogP contribution in [0.15, 0.2) is 76.2 Å². The Morgan fingerprint density at radius 3 is 2.44 bits per heavy atom. The molecule has 200 valence electrons. The van der Waals surface area contributed by atoms with Crippen LogP contribution >= 0.6 is 0 Å². The Bertz CT molecular complexity index is 1520. The summed E-state index contributed by atoms with van der Waals surface area (Å²) >= 11 is 0. The summed E-state index contributed by atoms with van der Waals surface area (Å²) < 4.78 is 18.5. The molecule has 0 atom stereocenters. The standard InChI is InChI=1S/C27H25N5O7/c1-17-3-4-18(2)31(17)20-6-8-21(9-7-20)37-15-22-10-12-25(39-22)27(34)30-29-14-19-5-11-24(38-16-26(28)33)23(13-19)32(35)36/h3-14H,15-16H2,1-2H3,(H2,28,33)(H,30,34)/b29-14+. The number of primary amides is 1. The Hall–Kier alpha value is -5.39. The molecule has 39 heavy (non-hydrogen) atoms. The van der Waals surface area contributed by atoms with Gasteiger partial charge in [-0.2, -0.15) is 5.10 Å². The highest BCUT2D eigenvalue weighted by Gasteiger charge is 2.17. The molecule has 0 saturated heterocycles. The van der Waals surface area contributed by atoms with Crippen LogP contribution in [0.1, 0.15) is 33.3 Å². The summed E-state index contributed by atoms with van der Waals surface area (Å²) in [5, 5.41) is 15.1. The highest BCUT2D eigenvalue weighted by Crippen LogP contribution is 2.27. The third-order valence-electron chi connectivity index (χ3n) is 5.56. The first-order valence-electron chi connectivity index (χ1n) is 11.7. The van der Waals surface area contributed by atoms with Crippen molar-refractivity contribution >= 4 is 23.7 Å². The lowest BCUT2D eigenvalue weighted by Gasteiger charge is -2.10. The number of aryl methyl sites for hydroxylation is 2. The molecule has 0 aliphatic carbocycles. The first kappa shape index (κ1) is 26.7. The summed E-state index contributed by atoms with van der Waals surface area (Å²) in [4.78, 5) is 33.9. The predicted octanol–water partition coefficient (Wildman–Crippen LogP) is 3.80. The Morgan fingerprint density at radius 1 is 1.05 bits per heavy atom. The number of nitrogens with one attached hydrogen (secondary N) is 1. The number of carbonyl (C=O) groups is 2. The molecule has 2 heterocycles. The van der Waals surface area contributed by atoms with E-state index >= 15 is 0 Å². The number of carbonyl (C=O) groups excluding carboxylic acids is 2. The van der Waals surface area contributed by atoms with Gasteiger partial charge in [0.05, 0.1) is 11.1 Å². The van der Waals surface area contributed by atoms with Gasteiger partial charge in [-0.3, -0.25) is 19.7 Å². The highest BCUT2D eigenvalue weighted by molar-refractivity contribution is 5.92. The third-order valence-corrected chi connectivity index (χ3v) is 5.56. The van der Waals surface area contributed by atoms with E-state index in [1.165, 1.54) is 30.5 Å². The van der Waals surface area contributed by atoms with Gasteiger partial charge in [-0.25, -0.2) is 5.43 Å². The van der Waals surface area contributed by atoms with Gasteiger partial charge in [0, 0.05) is 28.7 Å². The zero-order valence-electron chi connectivity index (χ0n) is 21.1.